The van der Waals surface area contributed by atoms with Crippen molar-refractivity contribution in [2.45, 2.75) is 39.2 Å². The summed E-state index contributed by atoms with van der Waals surface area (Å²) in [6.45, 7) is 5.39. The first-order valence-electron chi connectivity index (χ1n) is 10.6. The van der Waals surface area contributed by atoms with Crippen LogP contribution in [0.2, 0.25) is 0 Å². The zero-order valence-corrected chi connectivity index (χ0v) is 18.1. The molecule has 0 aliphatic carbocycles. The van der Waals surface area contributed by atoms with Crippen LogP contribution in [-0.4, -0.2) is 38.0 Å². The Kier molecular flexibility index (Phi) is 5.96. The molecular formula is C23H26N6O2. The van der Waals surface area contributed by atoms with E-state index in [9.17, 15) is 10.1 Å². The van der Waals surface area contributed by atoms with E-state index in [0.29, 0.717) is 42.2 Å². The number of nitrogens with zero attached hydrogens (tertiary/aromatic N) is 6. The van der Waals surface area contributed by atoms with E-state index in [2.05, 4.69) is 29.9 Å². The van der Waals surface area contributed by atoms with Crippen molar-refractivity contribution < 1.29 is 4.74 Å². The third-order valence-electron chi connectivity index (χ3n) is 5.74. The van der Waals surface area contributed by atoms with Crippen molar-refractivity contribution in [1.29, 1.82) is 5.26 Å². The SMILES string of the molecule is CC(C)C1=NC=C(c2ncc3c(n2)n(C2CCOCC2)c(=O)n3C)CC=C(C#N)C=C1. The number of rotatable bonds is 3. The van der Waals surface area contributed by atoms with Gasteiger partial charge in [-0.2, -0.15) is 5.26 Å². The summed E-state index contributed by atoms with van der Waals surface area (Å²) >= 11 is 0. The second kappa shape index (κ2) is 8.82. The molecule has 2 aromatic rings. The molecule has 0 amide bonds. The highest BCUT2D eigenvalue weighted by Gasteiger charge is 2.23. The van der Waals surface area contributed by atoms with Gasteiger partial charge >= 0.3 is 5.69 Å². The first-order valence-corrected chi connectivity index (χ1v) is 10.6. The van der Waals surface area contributed by atoms with Crippen molar-refractivity contribution in [2.75, 3.05) is 13.2 Å². The number of imidazole rings is 1. The fourth-order valence-electron chi connectivity index (χ4n) is 3.85. The Morgan fingerprint density at radius 2 is 2.03 bits per heavy atom. The quantitative estimate of drug-likeness (QED) is 0.761. The van der Waals surface area contributed by atoms with Gasteiger partial charge in [-0.25, -0.2) is 14.8 Å². The van der Waals surface area contributed by atoms with Crippen LogP contribution in [0.25, 0.3) is 16.7 Å². The normalized spacial score (nSPS) is 18.1. The summed E-state index contributed by atoms with van der Waals surface area (Å²) in [7, 11) is 1.75. The molecule has 31 heavy (non-hydrogen) atoms. The average Bonchev–Trinajstić information content (AvgIpc) is 3.09. The van der Waals surface area contributed by atoms with Gasteiger partial charge in [0.05, 0.1) is 12.3 Å². The average molecular weight is 419 g/mol. The molecule has 0 radical (unpaired) electrons. The first-order chi connectivity index (χ1) is 15.0. The third-order valence-corrected chi connectivity index (χ3v) is 5.74. The second-order valence-electron chi connectivity index (χ2n) is 8.13. The molecule has 2 aromatic heterocycles. The van der Waals surface area contributed by atoms with Crippen LogP contribution < -0.4 is 5.69 Å². The van der Waals surface area contributed by atoms with Crippen molar-refractivity contribution in [1.82, 2.24) is 19.1 Å². The lowest BCUT2D eigenvalue weighted by Gasteiger charge is -2.22. The summed E-state index contributed by atoms with van der Waals surface area (Å²) in [6, 6.07) is 2.27. The Hall–Kier alpha value is -3.31. The smallest absolute Gasteiger partial charge is 0.330 e. The van der Waals surface area contributed by atoms with E-state index in [1.54, 1.807) is 34.7 Å². The Balaban J connectivity index is 1.83. The summed E-state index contributed by atoms with van der Waals surface area (Å²) in [5, 5.41) is 9.43. The molecule has 1 saturated heterocycles. The number of fused-ring (bicyclic) bond motifs is 1. The fourth-order valence-corrected chi connectivity index (χ4v) is 3.85. The lowest BCUT2D eigenvalue weighted by Crippen LogP contribution is -2.30. The highest BCUT2D eigenvalue weighted by atomic mass is 16.5. The molecule has 0 N–H and O–H groups in total. The third kappa shape index (κ3) is 4.14. The Morgan fingerprint density at radius 1 is 1.26 bits per heavy atom. The first kappa shape index (κ1) is 20.9. The molecule has 0 atom stereocenters. The maximum absolute atomic E-state index is 12.9. The molecule has 8 heteroatoms. The van der Waals surface area contributed by atoms with Gasteiger partial charge < -0.3 is 4.74 Å². The second-order valence-corrected chi connectivity index (χ2v) is 8.13. The van der Waals surface area contributed by atoms with E-state index in [-0.39, 0.29) is 17.6 Å². The summed E-state index contributed by atoms with van der Waals surface area (Å²) in [5.74, 6) is 0.726. The highest BCUT2D eigenvalue weighted by Crippen LogP contribution is 2.25. The van der Waals surface area contributed by atoms with E-state index in [4.69, 9.17) is 9.72 Å². The molecule has 2 aliphatic rings. The molecule has 0 aromatic carbocycles. The maximum Gasteiger partial charge on any atom is 0.330 e. The molecular weight excluding hydrogens is 392 g/mol. The molecule has 0 spiro atoms. The van der Waals surface area contributed by atoms with Crippen LogP contribution in [0.5, 0.6) is 0 Å². The van der Waals surface area contributed by atoms with E-state index < -0.39 is 0 Å². The van der Waals surface area contributed by atoms with E-state index in [0.717, 1.165) is 24.1 Å². The summed E-state index contributed by atoms with van der Waals surface area (Å²) in [5.41, 5.74) is 3.48. The van der Waals surface area contributed by atoms with Gasteiger partial charge in [0, 0.05) is 49.4 Å². The zero-order chi connectivity index (χ0) is 22.0. The van der Waals surface area contributed by atoms with E-state index >= 15 is 0 Å². The number of allylic oxidation sites excluding steroid dienone is 5. The Labute approximate surface area is 180 Å². The summed E-state index contributed by atoms with van der Waals surface area (Å²) in [6.07, 6.45) is 11.0. The van der Waals surface area contributed by atoms with Crippen LogP contribution in [0.4, 0.5) is 0 Å². The standard InChI is InChI=1S/C23H26N6O2/c1-15(2)19-7-5-16(12-24)4-6-17(13-25-19)21-26-14-20-22(27-21)29(23(30)28(20)3)18-8-10-31-11-9-18/h4-5,7,13-15,18H,6,8-11H2,1-3H3. The molecule has 0 saturated carbocycles. The van der Waals surface area contributed by atoms with Crippen molar-refractivity contribution in [3.8, 4) is 6.07 Å². The van der Waals surface area contributed by atoms with Gasteiger partial charge in [0.15, 0.2) is 11.5 Å². The van der Waals surface area contributed by atoms with Crippen molar-refractivity contribution in [2.24, 2.45) is 18.0 Å². The van der Waals surface area contributed by atoms with Gasteiger partial charge in [0.1, 0.15) is 5.52 Å². The minimum atomic E-state index is -0.0900. The van der Waals surface area contributed by atoms with Crippen molar-refractivity contribution in [3.05, 3.63) is 52.5 Å². The van der Waals surface area contributed by atoms with E-state index in [1.807, 2.05) is 12.2 Å². The number of aliphatic imine (C=N–C) groups is 1. The summed E-state index contributed by atoms with van der Waals surface area (Å²) in [4.78, 5) is 26.9. The largest absolute Gasteiger partial charge is 0.381 e. The van der Waals surface area contributed by atoms with Gasteiger partial charge in [0.2, 0.25) is 0 Å². The van der Waals surface area contributed by atoms with Crippen LogP contribution in [0, 0.1) is 17.2 Å². The summed E-state index contributed by atoms with van der Waals surface area (Å²) < 4.78 is 8.84. The lowest BCUT2D eigenvalue weighted by atomic mass is 10.1. The van der Waals surface area contributed by atoms with Crippen LogP contribution in [0.15, 0.2) is 46.0 Å². The number of hydrogen-bond acceptors (Lipinski definition) is 6. The predicted octanol–water partition coefficient (Wildman–Crippen LogP) is 3.33. The topological polar surface area (TPSA) is 98.1 Å². The number of hydrogen-bond donors (Lipinski definition) is 0. The fraction of sp³-hybridized carbons (Fsp3) is 0.435. The molecule has 1 fully saturated rings. The van der Waals surface area contributed by atoms with Crippen LogP contribution in [-0.2, 0) is 11.8 Å². The molecule has 0 bridgehead atoms. The van der Waals surface area contributed by atoms with Crippen molar-refractivity contribution >= 4 is 22.4 Å². The van der Waals surface area contributed by atoms with Gasteiger partial charge in [-0.15, -0.1) is 0 Å². The Bertz CT molecular complexity index is 1210. The van der Waals surface area contributed by atoms with Gasteiger partial charge in [0.25, 0.3) is 0 Å². The van der Waals surface area contributed by atoms with E-state index in [1.165, 1.54) is 0 Å². The van der Waals surface area contributed by atoms with Crippen LogP contribution >= 0.6 is 0 Å². The number of aromatic nitrogens is 4. The van der Waals surface area contributed by atoms with Gasteiger partial charge in [-0.3, -0.25) is 14.1 Å². The molecule has 4 rings (SSSR count). The molecule has 4 heterocycles. The van der Waals surface area contributed by atoms with Crippen LogP contribution in [0.3, 0.4) is 0 Å². The number of aryl methyl sites for hydroxylation is 1. The maximum atomic E-state index is 12.9. The minimum Gasteiger partial charge on any atom is -0.381 e. The zero-order valence-electron chi connectivity index (χ0n) is 18.1. The minimum absolute atomic E-state index is 0.0575. The number of nitriles is 1. The number of ether oxygens (including phenoxy) is 1. The Morgan fingerprint density at radius 3 is 2.74 bits per heavy atom. The highest BCUT2D eigenvalue weighted by molar-refractivity contribution is 5.97. The van der Waals surface area contributed by atoms with Gasteiger partial charge in [-0.05, 0) is 37.3 Å². The van der Waals surface area contributed by atoms with Crippen LogP contribution in [0.1, 0.15) is 45.0 Å². The molecule has 0 unspecified atom stereocenters. The lowest BCUT2D eigenvalue weighted by molar-refractivity contribution is 0.0695. The van der Waals surface area contributed by atoms with Gasteiger partial charge in [-0.1, -0.05) is 19.9 Å². The van der Waals surface area contributed by atoms with Crippen molar-refractivity contribution in [3.63, 3.8) is 0 Å². The molecule has 160 valence electrons. The predicted molar refractivity (Wildman–Crippen MR) is 120 cm³/mol. The molecule has 2 aliphatic heterocycles. The molecule has 8 nitrogen and oxygen atoms in total. The monoisotopic (exact) mass is 418 g/mol.